The molecule has 7 nitrogen and oxygen atoms in total. The number of nitrogen functional groups attached to an aromatic ring is 1. The molecule has 1 aliphatic heterocycles. The summed E-state index contributed by atoms with van der Waals surface area (Å²) in [6.45, 7) is 6.54. The molecule has 1 saturated heterocycles. The summed E-state index contributed by atoms with van der Waals surface area (Å²) in [7, 11) is 0. The summed E-state index contributed by atoms with van der Waals surface area (Å²) < 4.78 is 11.9. The fourth-order valence-electron chi connectivity index (χ4n) is 3.60. The zero-order valence-corrected chi connectivity index (χ0v) is 17.1. The van der Waals surface area contributed by atoms with Crippen LogP contribution in [0.25, 0.3) is 0 Å². The van der Waals surface area contributed by atoms with Gasteiger partial charge in [-0.2, -0.15) is 0 Å². The van der Waals surface area contributed by atoms with Crippen LogP contribution in [0.3, 0.4) is 0 Å². The van der Waals surface area contributed by atoms with Crippen molar-refractivity contribution in [3.05, 3.63) is 41.9 Å². The zero-order valence-electron chi connectivity index (χ0n) is 17.1. The number of hydrogen-bond acceptors (Lipinski definition) is 7. The molecular weight excluding hydrogens is 366 g/mol. The molecule has 1 atom stereocenters. The zero-order chi connectivity index (χ0) is 20.4. The number of aromatic nitrogens is 2. The van der Waals surface area contributed by atoms with Crippen LogP contribution in [0.15, 0.2) is 30.6 Å². The molecule has 0 radical (unpaired) electrons. The van der Waals surface area contributed by atoms with Crippen LogP contribution < -0.4 is 15.4 Å². The molecule has 0 spiro atoms. The highest BCUT2D eigenvalue weighted by Crippen LogP contribution is 2.40. The molecule has 7 heteroatoms. The molecule has 3 N–H and O–H groups in total. The highest BCUT2D eigenvalue weighted by molar-refractivity contribution is 6.13. The molecular formula is C22H29N5O2. The average molecular weight is 396 g/mol. The Balaban J connectivity index is 1.55. The molecule has 2 aromatic rings. The van der Waals surface area contributed by atoms with E-state index in [9.17, 15) is 0 Å². The topological polar surface area (TPSA) is 97.4 Å². The van der Waals surface area contributed by atoms with Gasteiger partial charge in [0, 0.05) is 30.4 Å². The lowest BCUT2D eigenvalue weighted by Gasteiger charge is -2.33. The van der Waals surface area contributed by atoms with Crippen LogP contribution in [0.4, 0.5) is 11.5 Å². The molecule has 4 rings (SSSR count). The Bertz CT molecular complexity index is 895. The first-order valence-corrected chi connectivity index (χ1v) is 10.3. The van der Waals surface area contributed by atoms with Gasteiger partial charge in [-0.25, -0.2) is 9.97 Å². The normalized spacial score (nSPS) is 20.3. The largest absolute Gasteiger partial charge is 0.488 e. The Hall–Kier alpha value is -2.67. The van der Waals surface area contributed by atoms with Crippen molar-refractivity contribution in [3.8, 4) is 5.75 Å². The lowest BCUT2D eigenvalue weighted by Crippen LogP contribution is -2.42. The van der Waals surface area contributed by atoms with E-state index in [-0.39, 0.29) is 17.4 Å². The highest BCUT2D eigenvalue weighted by atomic mass is 16.5. The third-order valence-electron chi connectivity index (χ3n) is 5.59. The number of anilines is 2. The minimum Gasteiger partial charge on any atom is -0.488 e. The Kier molecular flexibility index (Phi) is 5.41. The van der Waals surface area contributed by atoms with Crippen LogP contribution >= 0.6 is 0 Å². The predicted molar refractivity (Wildman–Crippen MR) is 114 cm³/mol. The van der Waals surface area contributed by atoms with Gasteiger partial charge in [-0.1, -0.05) is 13.3 Å². The van der Waals surface area contributed by atoms with Crippen molar-refractivity contribution in [3.63, 3.8) is 0 Å². The van der Waals surface area contributed by atoms with Crippen molar-refractivity contribution >= 4 is 17.2 Å². The second kappa shape index (κ2) is 7.99. The lowest BCUT2D eigenvalue weighted by molar-refractivity contribution is 0.0345. The van der Waals surface area contributed by atoms with Crippen molar-refractivity contribution < 1.29 is 9.47 Å². The third-order valence-corrected chi connectivity index (χ3v) is 5.59. The number of rotatable bonds is 7. The number of nitrogens with two attached hydrogens (primary N) is 1. The number of hydrogen-bond donors (Lipinski definition) is 2. The van der Waals surface area contributed by atoms with Gasteiger partial charge in [-0.3, -0.25) is 5.41 Å². The Morgan fingerprint density at radius 3 is 2.93 bits per heavy atom. The van der Waals surface area contributed by atoms with E-state index in [1.54, 1.807) is 6.07 Å². The summed E-state index contributed by atoms with van der Waals surface area (Å²) >= 11 is 0. The van der Waals surface area contributed by atoms with Crippen molar-refractivity contribution in [2.24, 2.45) is 0 Å². The van der Waals surface area contributed by atoms with Gasteiger partial charge in [0.05, 0.1) is 24.1 Å². The summed E-state index contributed by atoms with van der Waals surface area (Å²) in [6.07, 6.45) is 5.97. The first kappa shape index (κ1) is 19.6. The highest BCUT2D eigenvalue weighted by Gasteiger charge is 2.40. The van der Waals surface area contributed by atoms with Crippen LogP contribution in [0.5, 0.6) is 5.75 Å². The van der Waals surface area contributed by atoms with E-state index < -0.39 is 0 Å². The average Bonchev–Trinajstić information content (AvgIpc) is 3.46. The van der Waals surface area contributed by atoms with Gasteiger partial charge in [0.25, 0.3) is 0 Å². The lowest BCUT2D eigenvalue weighted by atomic mass is 10.0. The first-order valence-electron chi connectivity index (χ1n) is 10.3. The summed E-state index contributed by atoms with van der Waals surface area (Å²) in [5, 5.41) is 8.70. The van der Waals surface area contributed by atoms with E-state index in [0.29, 0.717) is 23.6 Å². The van der Waals surface area contributed by atoms with Gasteiger partial charge in [0.15, 0.2) is 0 Å². The number of morpholine rings is 1. The van der Waals surface area contributed by atoms with Crippen molar-refractivity contribution in [1.82, 2.24) is 9.97 Å². The summed E-state index contributed by atoms with van der Waals surface area (Å²) in [5.74, 6) is 1.56. The van der Waals surface area contributed by atoms with Gasteiger partial charge in [0.1, 0.15) is 23.5 Å². The molecule has 1 aliphatic carbocycles. The number of nitrogens with one attached hydrogen (secondary N) is 1. The maximum absolute atomic E-state index is 8.70. The molecule has 0 bridgehead atoms. The van der Waals surface area contributed by atoms with Crippen molar-refractivity contribution in [2.75, 3.05) is 30.3 Å². The van der Waals surface area contributed by atoms with E-state index in [0.717, 1.165) is 50.3 Å². The van der Waals surface area contributed by atoms with Crippen molar-refractivity contribution in [1.29, 1.82) is 5.41 Å². The second-order valence-electron chi connectivity index (χ2n) is 8.16. The Morgan fingerprint density at radius 2 is 2.17 bits per heavy atom. The first-order chi connectivity index (χ1) is 14.0. The molecule has 154 valence electrons. The molecule has 1 aromatic carbocycles. The summed E-state index contributed by atoms with van der Waals surface area (Å²) in [5.41, 5.74) is 8.08. The number of ether oxygens (including phenoxy) is 2. The van der Waals surface area contributed by atoms with E-state index in [2.05, 4.69) is 28.7 Å². The molecule has 1 aromatic heterocycles. The van der Waals surface area contributed by atoms with E-state index >= 15 is 0 Å². The molecule has 0 amide bonds. The predicted octanol–water partition coefficient (Wildman–Crippen LogP) is 3.41. The minimum absolute atomic E-state index is 0.0803. The summed E-state index contributed by atoms with van der Waals surface area (Å²) in [6, 6.07) is 7.37. The third kappa shape index (κ3) is 4.50. The SMILES string of the molecule is CCCC1CN(c2cc(C(=N)c3cc(OC4(C)CC4)ccc3N)ncn2)CCO1. The molecule has 1 saturated carbocycles. The van der Waals surface area contributed by atoms with Crippen LogP contribution in [0.2, 0.25) is 0 Å². The smallest absolute Gasteiger partial charge is 0.132 e. The molecule has 29 heavy (non-hydrogen) atoms. The maximum Gasteiger partial charge on any atom is 0.132 e. The van der Waals surface area contributed by atoms with Gasteiger partial charge in [0.2, 0.25) is 0 Å². The van der Waals surface area contributed by atoms with E-state index in [1.807, 2.05) is 18.2 Å². The fraction of sp³-hybridized carbons (Fsp3) is 0.500. The minimum atomic E-state index is -0.0803. The fourth-order valence-corrected chi connectivity index (χ4v) is 3.60. The van der Waals surface area contributed by atoms with Gasteiger partial charge in [-0.05, 0) is 44.4 Å². The quantitative estimate of drug-likeness (QED) is 0.551. The van der Waals surface area contributed by atoms with Gasteiger partial charge < -0.3 is 20.1 Å². The number of nitrogens with zero attached hydrogens (tertiary/aromatic N) is 3. The molecule has 2 aliphatic rings. The van der Waals surface area contributed by atoms with Crippen LogP contribution in [0.1, 0.15) is 50.8 Å². The van der Waals surface area contributed by atoms with Crippen LogP contribution in [-0.2, 0) is 4.74 Å². The monoisotopic (exact) mass is 395 g/mol. The van der Waals surface area contributed by atoms with E-state index in [1.165, 1.54) is 6.33 Å². The molecule has 2 fully saturated rings. The number of benzene rings is 1. The molecule has 1 unspecified atom stereocenters. The van der Waals surface area contributed by atoms with Crippen LogP contribution in [0, 0.1) is 5.41 Å². The maximum atomic E-state index is 8.70. The van der Waals surface area contributed by atoms with E-state index in [4.69, 9.17) is 20.6 Å². The summed E-state index contributed by atoms with van der Waals surface area (Å²) in [4.78, 5) is 11.0. The Morgan fingerprint density at radius 1 is 1.34 bits per heavy atom. The van der Waals surface area contributed by atoms with Gasteiger partial charge >= 0.3 is 0 Å². The van der Waals surface area contributed by atoms with Crippen molar-refractivity contribution in [2.45, 2.75) is 51.2 Å². The van der Waals surface area contributed by atoms with Gasteiger partial charge in [-0.15, -0.1) is 0 Å². The molecule has 2 heterocycles. The second-order valence-corrected chi connectivity index (χ2v) is 8.16. The standard InChI is InChI=1S/C22H29N5O2/c1-3-4-16-13-27(9-10-28-16)20-12-19(25-14-26-20)21(24)17-11-15(5-6-18(17)23)29-22(2)7-8-22/h5-6,11-12,14,16,24H,3-4,7-10,13,23H2,1-2H3. The Labute approximate surface area is 171 Å². The van der Waals surface area contributed by atoms with Crippen LogP contribution in [-0.4, -0.2) is 47.1 Å².